The highest BCUT2D eigenvalue weighted by molar-refractivity contribution is 7.98. The Bertz CT molecular complexity index is 703. The van der Waals surface area contributed by atoms with Crippen molar-refractivity contribution in [2.75, 3.05) is 18.2 Å². The van der Waals surface area contributed by atoms with Gasteiger partial charge in [0, 0.05) is 29.1 Å². The van der Waals surface area contributed by atoms with Crippen LogP contribution in [0.5, 0.6) is 0 Å². The molecule has 0 saturated carbocycles. The molecule has 0 aliphatic rings. The zero-order valence-corrected chi connectivity index (χ0v) is 14.9. The Hall–Kier alpha value is -1.90. The molecule has 0 saturated heterocycles. The number of nitrogens with two attached hydrogens (primary N) is 1. The minimum Gasteiger partial charge on any atom is -0.469 e. The molecule has 1 aromatic carbocycles. The Morgan fingerprint density at radius 3 is 2.96 bits per heavy atom. The highest BCUT2D eigenvalue weighted by Crippen LogP contribution is 2.18. The molecule has 8 heteroatoms. The van der Waals surface area contributed by atoms with Gasteiger partial charge in [0.15, 0.2) is 0 Å². The fraction of sp³-hybridized carbons (Fsp3) is 0.312. The van der Waals surface area contributed by atoms with Gasteiger partial charge in [-0.1, -0.05) is 12.1 Å². The van der Waals surface area contributed by atoms with Gasteiger partial charge in [-0.25, -0.2) is 4.98 Å². The number of benzene rings is 1. The zero-order valence-electron chi connectivity index (χ0n) is 13.3. The Morgan fingerprint density at radius 1 is 1.42 bits per heavy atom. The average Bonchev–Trinajstić information content (AvgIpc) is 3.08. The number of amides is 1. The highest BCUT2D eigenvalue weighted by atomic mass is 32.2. The number of rotatable bonds is 8. The number of methoxy groups -OCH3 is 1. The number of hydrogen-bond donors (Lipinski definition) is 2. The van der Waals surface area contributed by atoms with Gasteiger partial charge < -0.3 is 15.8 Å². The number of ether oxygens (including phenoxy) is 1. The second kappa shape index (κ2) is 9.41. The van der Waals surface area contributed by atoms with Crippen LogP contribution in [0.2, 0.25) is 0 Å². The Labute approximate surface area is 148 Å². The second-order valence-electron chi connectivity index (χ2n) is 4.86. The quantitative estimate of drug-likeness (QED) is 0.552. The van der Waals surface area contributed by atoms with Crippen LogP contribution in [0.25, 0.3) is 0 Å². The maximum absolute atomic E-state index is 12.2. The summed E-state index contributed by atoms with van der Waals surface area (Å²) in [6.45, 7) is 0.330. The molecule has 0 fully saturated rings. The third kappa shape index (κ3) is 5.63. The summed E-state index contributed by atoms with van der Waals surface area (Å²) >= 11 is 3.01. The number of aromatic nitrogens is 1. The molecule has 2 aromatic rings. The Kier molecular flexibility index (Phi) is 7.23. The third-order valence-corrected chi connectivity index (χ3v) is 4.99. The standard InChI is InChI=1S/C16H19N3O3S2/c1-22-15(20)5-6-23-9-11-3-2-4-12(7-11)18-16(21)13-10-24-14(8-17)19-13/h2-4,7,10H,5-6,8-9,17H2,1H3,(H,18,21). The number of esters is 1. The van der Waals surface area contributed by atoms with Gasteiger partial charge in [-0.2, -0.15) is 11.8 Å². The van der Waals surface area contributed by atoms with Crippen LogP contribution in [0.1, 0.15) is 27.5 Å². The van der Waals surface area contributed by atoms with Crippen molar-refractivity contribution < 1.29 is 14.3 Å². The summed E-state index contributed by atoms with van der Waals surface area (Å²) < 4.78 is 4.60. The van der Waals surface area contributed by atoms with Crippen molar-refractivity contribution in [1.82, 2.24) is 4.98 Å². The smallest absolute Gasteiger partial charge is 0.306 e. The van der Waals surface area contributed by atoms with Crippen LogP contribution >= 0.6 is 23.1 Å². The molecule has 0 atom stereocenters. The molecule has 24 heavy (non-hydrogen) atoms. The van der Waals surface area contributed by atoms with Gasteiger partial charge in [0.2, 0.25) is 0 Å². The summed E-state index contributed by atoms with van der Waals surface area (Å²) in [6.07, 6.45) is 0.394. The van der Waals surface area contributed by atoms with Crippen LogP contribution < -0.4 is 11.1 Å². The lowest BCUT2D eigenvalue weighted by atomic mass is 10.2. The highest BCUT2D eigenvalue weighted by Gasteiger charge is 2.10. The monoisotopic (exact) mass is 365 g/mol. The van der Waals surface area contributed by atoms with Crippen LogP contribution in [-0.4, -0.2) is 29.7 Å². The zero-order chi connectivity index (χ0) is 17.4. The minimum absolute atomic E-state index is 0.205. The van der Waals surface area contributed by atoms with E-state index in [0.29, 0.717) is 30.1 Å². The molecule has 0 aliphatic heterocycles. The fourth-order valence-electron chi connectivity index (χ4n) is 1.89. The van der Waals surface area contributed by atoms with E-state index < -0.39 is 0 Å². The van der Waals surface area contributed by atoms with Gasteiger partial charge in [-0.3, -0.25) is 9.59 Å². The first-order valence-corrected chi connectivity index (χ1v) is 9.35. The lowest BCUT2D eigenvalue weighted by molar-refractivity contribution is -0.140. The van der Waals surface area contributed by atoms with E-state index in [-0.39, 0.29) is 11.9 Å². The van der Waals surface area contributed by atoms with Crippen molar-refractivity contribution in [3.63, 3.8) is 0 Å². The molecule has 0 radical (unpaired) electrons. The largest absolute Gasteiger partial charge is 0.469 e. The van der Waals surface area contributed by atoms with Crippen LogP contribution in [0.4, 0.5) is 5.69 Å². The normalized spacial score (nSPS) is 10.4. The molecule has 0 bridgehead atoms. The number of hydrogen-bond acceptors (Lipinski definition) is 7. The molecule has 6 nitrogen and oxygen atoms in total. The van der Waals surface area contributed by atoms with Crippen molar-refractivity contribution in [2.24, 2.45) is 5.73 Å². The number of carbonyl (C=O) groups is 2. The van der Waals surface area contributed by atoms with E-state index in [4.69, 9.17) is 5.73 Å². The summed E-state index contributed by atoms with van der Waals surface area (Å²) in [5.74, 6) is 1.00. The summed E-state index contributed by atoms with van der Waals surface area (Å²) in [7, 11) is 1.39. The predicted octanol–water partition coefficient (Wildman–Crippen LogP) is 2.65. The van der Waals surface area contributed by atoms with Crippen LogP contribution in [0.3, 0.4) is 0 Å². The molecule has 0 aliphatic carbocycles. The number of carbonyl (C=O) groups excluding carboxylic acids is 2. The summed E-state index contributed by atoms with van der Waals surface area (Å²) in [6, 6.07) is 7.62. The van der Waals surface area contributed by atoms with Gasteiger partial charge in [-0.05, 0) is 17.7 Å². The van der Waals surface area contributed by atoms with Crippen molar-refractivity contribution in [3.05, 3.63) is 45.9 Å². The topological polar surface area (TPSA) is 94.3 Å². The van der Waals surface area contributed by atoms with Crippen LogP contribution in [0, 0.1) is 0 Å². The first-order valence-electron chi connectivity index (χ1n) is 7.31. The second-order valence-corrected chi connectivity index (χ2v) is 6.91. The molecule has 128 valence electrons. The van der Waals surface area contributed by atoms with E-state index >= 15 is 0 Å². The van der Waals surface area contributed by atoms with Crippen molar-refractivity contribution in [3.8, 4) is 0 Å². The Morgan fingerprint density at radius 2 is 2.25 bits per heavy atom. The van der Waals surface area contributed by atoms with Gasteiger partial charge in [0.05, 0.1) is 13.5 Å². The first kappa shape index (κ1) is 18.4. The van der Waals surface area contributed by atoms with Gasteiger partial charge in [0.1, 0.15) is 10.7 Å². The molecular formula is C16H19N3O3S2. The lowest BCUT2D eigenvalue weighted by Crippen LogP contribution is -2.12. The van der Waals surface area contributed by atoms with Gasteiger partial charge in [0.25, 0.3) is 5.91 Å². The predicted molar refractivity (Wildman–Crippen MR) is 97.2 cm³/mol. The van der Waals surface area contributed by atoms with E-state index in [1.807, 2.05) is 24.3 Å². The van der Waals surface area contributed by atoms with E-state index in [9.17, 15) is 9.59 Å². The Balaban J connectivity index is 1.87. The van der Waals surface area contributed by atoms with E-state index in [1.165, 1.54) is 18.4 Å². The number of nitrogens with zero attached hydrogens (tertiary/aromatic N) is 1. The van der Waals surface area contributed by atoms with Crippen molar-refractivity contribution >= 4 is 40.7 Å². The number of thiazole rings is 1. The van der Waals surface area contributed by atoms with Crippen molar-refractivity contribution in [1.29, 1.82) is 0 Å². The van der Waals surface area contributed by atoms with E-state index in [1.54, 1.807) is 17.1 Å². The molecule has 1 aromatic heterocycles. The molecule has 1 amide bonds. The minimum atomic E-state index is -0.249. The first-order chi connectivity index (χ1) is 11.6. The van der Waals surface area contributed by atoms with Crippen LogP contribution in [-0.2, 0) is 21.8 Å². The van der Waals surface area contributed by atoms with Gasteiger partial charge in [-0.15, -0.1) is 11.3 Å². The average molecular weight is 365 g/mol. The third-order valence-electron chi connectivity index (χ3n) is 3.09. The summed E-state index contributed by atoms with van der Waals surface area (Å²) in [5.41, 5.74) is 7.67. The maximum atomic E-state index is 12.2. The molecular weight excluding hydrogens is 346 g/mol. The van der Waals surface area contributed by atoms with Crippen LogP contribution in [0.15, 0.2) is 29.6 Å². The molecule has 3 N–H and O–H groups in total. The molecule has 0 spiro atoms. The molecule has 0 unspecified atom stereocenters. The summed E-state index contributed by atoms with van der Waals surface area (Å²) in [4.78, 5) is 27.4. The van der Waals surface area contributed by atoms with E-state index in [0.717, 1.165) is 16.3 Å². The maximum Gasteiger partial charge on any atom is 0.306 e. The lowest BCUT2D eigenvalue weighted by Gasteiger charge is -2.06. The molecule has 2 rings (SSSR count). The summed E-state index contributed by atoms with van der Waals surface area (Å²) in [5, 5.41) is 5.27. The number of anilines is 1. The van der Waals surface area contributed by atoms with E-state index in [2.05, 4.69) is 15.0 Å². The fourth-order valence-corrected chi connectivity index (χ4v) is 3.42. The van der Waals surface area contributed by atoms with Crippen molar-refractivity contribution in [2.45, 2.75) is 18.7 Å². The number of nitrogens with one attached hydrogen (secondary N) is 1. The number of thioether (sulfide) groups is 1. The molecule has 1 heterocycles. The SMILES string of the molecule is COC(=O)CCSCc1cccc(NC(=O)c2csc(CN)n2)c1. The van der Waals surface area contributed by atoms with Gasteiger partial charge >= 0.3 is 5.97 Å².